The summed E-state index contributed by atoms with van der Waals surface area (Å²) >= 11 is 3.39. The van der Waals surface area contributed by atoms with Crippen molar-refractivity contribution in [3.05, 3.63) is 99.1 Å². The van der Waals surface area contributed by atoms with Crippen LogP contribution in [0.1, 0.15) is 35.3 Å². The third-order valence-corrected chi connectivity index (χ3v) is 6.56. The topological polar surface area (TPSA) is 133 Å². The van der Waals surface area contributed by atoms with Crippen molar-refractivity contribution in [3.63, 3.8) is 0 Å². The second-order valence-electron chi connectivity index (χ2n) is 8.78. The molecule has 0 aliphatic carbocycles. The molecule has 10 heteroatoms. The van der Waals surface area contributed by atoms with Crippen LogP contribution in [-0.4, -0.2) is 26.9 Å². The van der Waals surface area contributed by atoms with E-state index in [-0.39, 0.29) is 11.7 Å². The Kier molecular flexibility index (Phi) is 7.50. The normalized spacial score (nSPS) is 11.0. The third kappa shape index (κ3) is 5.92. The number of unbranched alkanes of at least 4 members (excludes halogenated alkanes) is 1. The van der Waals surface area contributed by atoms with Crippen molar-refractivity contribution in [1.82, 2.24) is 15.1 Å². The summed E-state index contributed by atoms with van der Waals surface area (Å²) in [6.07, 6.45) is 3.05. The number of benzene rings is 3. The van der Waals surface area contributed by atoms with Gasteiger partial charge in [0, 0.05) is 21.8 Å². The molecule has 3 aromatic carbocycles. The number of H-pyrrole nitrogens is 2. The van der Waals surface area contributed by atoms with E-state index in [1.54, 1.807) is 30.3 Å². The first-order valence-electron chi connectivity index (χ1n) is 12.1. The van der Waals surface area contributed by atoms with Gasteiger partial charge in [-0.1, -0.05) is 63.6 Å². The van der Waals surface area contributed by atoms with Gasteiger partial charge in [-0.05, 0) is 55.2 Å². The monoisotopic (exact) mass is 573 g/mol. The first-order valence-corrected chi connectivity index (χ1v) is 12.9. The number of hydrogen-bond acceptors (Lipinski definition) is 5. The van der Waals surface area contributed by atoms with Gasteiger partial charge in [0.05, 0.1) is 16.9 Å². The lowest BCUT2D eigenvalue weighted by Crippen LogP contribution is -2.13. The Morgan fingerprint density at radius 1 is 0.895 bits per heavy atom. The van der Waals surface area contributed by atoms with E-state index in [4.69, 9.17) is 0 Å². The maximum absolute atomic E-state index is 13.1. The van der Waals surface area contributed by atoms with Crippen LogP contribution < -0.4 is 16.4 Å². The zero-order valence-corrected chi connectivity index (χ0v) is 21.8. The standard InChI is InChI=1S/C28H24BrN5O4/c29-19-13-14-21(20(16-19)26-33-28(37)38-34-26)32-27(36)23-15-18-10-6-11-22(25(18)31-23)30-24(35)12-5-4-9-17-7-2-1-3-8-17/h1-3,6-8,10-11,13-16,31H,4-5,9,12H2,(H,30,35)(H,32,36)(H,33,34,37). The number of nitrogens with one attached hydrogen (secondary N) is 4. The number of fused-ring (bicyclic) bond motifs is 1. The van der Waals surface area contributed by atoms with Crippen LogP contribution in [0, 0.1) is 0 Å². The molecule has 0 unspecified atom stereocenters. The number of carbonyl (C=O) groups is 2. The van der Waals surface area contributed by atoms with Gasteiger partial charge in [-0.25, -0.2) is 4.79 Å². The van der Waals surface area contributed by atoms with Gasteiger partial charge >= 0.3 is 5.76 Å². The predicted molar refractivity (Wildman–Crippen MR) is 149 cm³/mol. The molecule has 0 saturated carbocycles. The van der Waals surface area contributed by atoms with Gasteiger partial charge in [0.25, 0.3) is 5.91 Å². The fraction of sp³-hybridized carbons (Fsp3) is 0.143. The summed E-state index contributed by atoms with van der Waals surface area (Å²) in [6.45, 7) is 0. The number of aromatic amines is 2. The van der Waals surface area contributed by atoms with Crippen molar-refractivity contribution in [3.8, 4) is 11.4 Å². The molecule has 192 valence electrons. The van der Waals surface area contributed by atoms with Crippen LogP contribution in [0.25, 0.3) is 22.3 Å². The Balaban J connectivity index is 1.26. The van der Waals surface area contributed by atoms with Crippen LogP contribution in [-0.2, 0) is 11.2 Å². The van der Waals surface area contributed by atoms with Crippen LogP contribution in [0.3, 0.4) is 0 Å². The zero-order valence-electron chi connectivity index (χ0n) is 20.2. The minimum absolute atomic E-state index is 0.0766. The number of nitrogens with zero attached hydrogens (tertiary/aromatic N) is 1. The Labute approximate surface area is 225 Å². The molecule has 0 aliphatic rings. The highest BCUT2D eigenvalue weighted by Crippen LogP contribution is 2.30. The fourth-order valence-corrected chi connectivity index (χ4v) is 4.57. The smallest absolute Gasteiger partial charge is 0.349 e. The molecule has 0 bridgehead atoms. The highest BCUT2D eigenvalue weighted by molar-refractivity contribution is 9.10. The predicted octanol–water partition coefficient (Wildman–Crippen LogP) is 5.88. The third-order valence-electron chi connectivity index (χ3n) is 6.06. The number of hydrogen-bond donors (Lipinski definition) is 4. The van der Waals surface area contributed by atoms with E-state index in [1.807, 2.05) is 30.3 Å². The molecular formula is C28H24BrN5O4. The maximum Gasteiger partial charge on any atom is 0.439 e. The Hall–Kier alpha value is -4.44. The maximum atomic E-state index is 13.1. The fourth-order valence-electron chi connectivity index (χ4n) is 4.21. The van der Waals surface area contributed by atoms with Gasteiger partial charge in [-0.15, -0.1) is 0 Å². The highest BCUT2D eigenvalue weighted by Gasteiger charge is 2.17. The molecule has 0 radical (unpaired) electrons. The van der Waals surface area contributed by atoms with Gasteiger partial charge in [0.1, 0.15) is 5.69 Å². The summed E-state index contributed by atoms with van der Waals surface area (Å²) in [5.74, 6) is -0.975. The molecule has 38 heavy (non-hydrogen) atoms. The molecule has 0 aliphatic heterocycles. The van der Waals surface area contributed by atoms with E-state index in [1.165, 1.54) is 5.56 Å². The van der Waals surface area contributed by atoms with Crippen molar-refractivity contribution in [2.24, 2.45) is 0 Å². The average Bonchev–Trinajstić information content (AvgIpc) is 3.55. The summed E-state index contributed by atoms with van der Waals surface area (Å²) in [7, 11) is 0. The van der Waals surface area contributed by atoms with Gasteiger partial charge < -0.3 is 15.6 Å². The van der Waals surface area contributed by atoms with Crippen molar-refractivity contribution in [2.75, 3.05) is 10.6 Å². The van der Waals surface area contributed by atoms with Crippen LogP contribution in [0.4, 0.5) is 11.4 Å². The molecular weight excluding hydrogens is 550 g/mol. The van der Waals surface area contributed by atoms with Crippen LogP contribution >= 0.6 is 15.9 Å². The number of aryl methyl sites for hydroxylation is 1. The molecule has 5 aromatic rings. The summed E-state index contributed by atoms with van der Waals surface area (Å²) in [6, 6.07) is 22.6. The largest absolute Gasteiger partial charge is 0.439 e. The number of amides is 2. The number of para-hydroxylation sites is 1. The lowest BCUT2D eigenvalue weighted by molar-refractivity contribution is -0.116. The summed E-state index contributed by atoms with van der Waals surface area (Å²) in [5, 5.41) is 10.3. The average molecular weight is 574 g/mol. The lowest BCUT2D eigenvalue weighted by atomic mass is 10.1. The highest BCUT2D eigenvalue weighted by atomic mass is 79.9. The first-order chi connectivity index (χ1) is 18.5. The summed E-state index contributed by atoms with van der Waals surface area (Å²) < 4.78 is 5.35. The van der Waals surface area contributed by atoms with Gasteiger partial charge in [0.2, 0.25) is 5.91 Å². The second-order valence-corrected chi connectivity index (χ2v) is 9.70. The number of anilines is 2. The molecule has 2 amide bonds. The van der Waals surface area contributed by atoms with Crippen LogP contribution in [0.5, 0.6) is 0 Å². The lowest BCUT2D eigenvalue weighted by Gasteiger charge is -2.09. The summed E-state index contributed by atoms with van der Waals surface area (Å²) in [4.78, 5) is 42.8. The molecule has 2 aromatic heterocycles. The van der Waals surface area contributed by atoms with E-state index in [0.29, 0.717) is 34.6 Å². The molecule has 4 N–H and O–H groups in total. The van der Waals surface area contributed by atoms with E-state index >= 15 is 0 Å². The van der Waals surface area contributed by atoms with E-state index < -0.39 is 11.7 Å². The quantitative estimate of drug-likeness (QED) is 0.163. The van der Waals surface area contributed by atoms with E-state index in [2.05, 4.69) is 58.3 Å². The van der Waals surface area contributed by atoms with E-state index in [9.17, 15) is 14.4 Å². The number of carbonyl (C=O) groups excluding carboxylic acids is 2. The van der Waals surface area contributed by atoms with Crippen molar-refractivity contribution < 1.29 is 14.1 Å². The molecule has 0 saturated heterocycles. The molecule has 9 nitrogen and oxygen atoms in total. The molecule has 0 spiro atoms. The Morgan fingerprint density at radius 3 is 2.53 bits per heavy atom. The molecule has 5 rings (SSSR count). The minimum Gasteiger partial charge on any atom is -0.349 e. The molecule has 0 atom stereocenters. The summed E-state index contributed by atoms with van der Waals surface area (Å²) in [5.41, 5.74) is 3.76. The Morgan fingerprint density at radius 2 is 1.74 bits per heavy atom. The number of aromatic nitrogens is 3. The van der Waals surface area contributed by atoms with Crippen LogP contribution in [0.2, 0.25) is 0 Å². The molecule has 2 heterocycles. The van der Waals surface area contributed by atoms with Crippen molar-refractivity contribution >= 4 is 50.0 Å². The number of halogens is 1. The SMILES string of the molecule is O=C(CCCCc1ccccc1)Nc1cccc2cc(C(=O)Nc3ccc(Br)cc3-c3noc(=O)[nH]3)[nH]c12. The zero-order chi connectivity index (χ0) is 26.5. The molecule has 0 fully saturated rings. The van der Waals surface area contributed by atoms with Crippen LogP contribution in [0.15, 0.2) is 86.6 Å². The van der Waals surface area contributed by atoms with Gasteiger partial charge in [0.15, 0.2) is 5.82 Å². The van der Waals surface area contributed by atoms with Crippen molar-refractivity contribution in [1.29, 1.82) is 0 Å². The van der Waals surface area contributed by atoms with Gasteiger partial charge in [-0.2, -0.15) is 0 Å². The second kappa shape index (κ2) is 11.3. The van der Waals surface area contributed by atoms with Crippen molar-refractivity contribution in [2.45, 2.75) is 25.7 Å². The Bertz CT molecular complexity index is 1650. The van der Waals surface area contributed by atoms with Gasteiger partial charge in [-0.3, -0.25) is 19.1 Å². The number of rotatable bonds is 9. The minimum atomic E-state index is -0.696. The first kappa shape index (κ1) is 25.2. The van der Waals surface area contributed by atoms with E-state index in [0.717, 1.165) is 29.1 Å².